The molecule has 4 nitrogen and oxygen atoms in total. The van der Waals surface area contributed by atoms with E-state index >= 15 is 0 Å². The molecule has 0 bridgehead atoms. The van der Waals surface area contributed by atoms with Gasteiger partial charge >= 0.3 is 0 Å². The molecule has 0 amide bonds. The molecule has 2 rings (SSSR count). The molecule has 5 heteroatoms. The number of hydrogen-bond donors (Lipinski definition) is 1. The summed E-state index contributed by atoms with van der Waals surface area (Å²) in [6.07, 6.45) is 1.86. The van der Waals surface area contributed by atoms with Gasteiger partial charge in [0.2, 0.25) is 10.0 Å². The molecule has 0 radical (unpaired) electrons. The first-order chi connectivity index (χ1) is 6.18. The molecule has 0 spiro atoms. The van der Waals surface area contributed by atoms with Crippen molar-refractivity contribution in [1.82, 2.24) is 9.62 Å². The standard InChI is InChI=1S/C8H16N2O2S/c11-13(12)4-2-1-3-10(13)7-8-5-9-6-8/h8-9H,1-7H2. The minimum Gasteiger partial charge on any atom is -0.316 e. The Morgan fingerprint density at radius 2 is 2.08 bits per heavy atom. The van der Waals surface area contributed by atoms with E-state index < -0.39 is 10.0 Å². The molecular formula is C8H16N2O2S. The summed E-state index contributed by atoms with van der Waals surface area (Å²) in [6, 6.07) is 0. The van der Waals surface area contributed by atoms with E-state index in [9.17, 15) is 8.42 Å². The molecule has 0 unspecified atom stereocenters. The minimum atomic E-state index is -2.89. The molecule has 0 aromatic carbocycles. The summed E-state index contributed by atoms with van der Waals surface area (Å²) in [5, 5.41) is 3.16. The summed E-state index contributed by atoms with van der Waals surface area (Å²) in [5.41, 5.74) is 0. The highest BCUT2D eigenvalue weighted by Gasteiger charge is 2.29. The fourth-order valence-corrected chi connectivity index (χ4v) is 3.48. The summed E-state index contributed by atoms with van der Waals surface area (Å²) in [5.74, 6) is 0.903. The van der Waals surface area contributed by atoms with Crippen LogP contribution >= 0.6 is 0 Å². The predicted octanol–water partition coefficient (Wildman–Crippen LogP) is -0.369. The highest BCUT2D eigenvalue weighted by atomic mass is 32.2. The van der Waals surface area contributed by atoms with Gasteiger partial charge < -0.3 is 5.32 Å². The van der Waals surface area contributed by atoms with Gasteiger partial charge in [0, 0.05) is 26.2 Å². The fraction of sp³-hybridized carbons (Fsp3) is 1.00. The number of sulfonamides is 1. The van der Waals surface area contributed by atoms with Gasteiger partial charge in [-0.15, -0.1) is 0 Å². The zero-order chi connectivity index (χ0) is 9.31. The highest BCUT2D eigenvalue weighted by molar-refractivity contribution is 7.89. The van der Waals surface area contributed by atoms with Crippen molar-refractivity contribution in [3.63, 3.8) is 0 Å². The maximum Gasteiger partial charge on any atom is 0.214 e. The van der Waals surface area contributed by atoms with E-state index in [4.69, 9.17) is 0 Å². The first-order valence-corrected chi connectivity index (χ1v) is 6.48. The van der Waals surface area contributed by atoms with Crippen molar-refractivity contribution < 1.29 is 8.42 Å². The van der Waals surface area contributed by atoms with Gasteiger partial charge in [0.05, 0.1) is 5.75 Å². The van der Waals surface area contributed by atoms with Crippen LogP contribution in [-0.2, 0) is 10.0 Å². The molecular weight excluding hydrogens is 188 g/mol. The van der Waals surface area contributed by atoms with Crippen molar-refractivity contribution in [3.05, 3.63) is 0 Å². The van der Waals surface area contributed by atoms with Gasteiger partial charge in [0.1, 0.15) is 0 Å². The smallest absolute Gasteiger partial charge is 0.214 e. The van der Waals surface area contributed by atoms with Crippen molar-refractivity contribution in [2.45, 2.75) is 12.8 Å². The van der Waals surface area contributed by atoms with E-state index in [1.807, 2.05) is 0 Å². The van der Waals surface area contributed by atoms with Crippen LogP contribution in [0.3, 0.4) is 0 Å². The lowest BCUT2D eigenvalue weighted by molar-refractivity contribution is 0.260. The van der Waals surface area contributed by atoms with Crippen molar-refractivity contribution in [1.29, 1.82) is 0 Å². The molecule has 2 saturated heterocycles. The lowest BCUT2D eigenvalue weighted by Gasteiger charge is -2.34. The SMILES string of the molecule is O=S1(=O)CCCCN1CC1CNC1. The largest absolute Gasteiger partial charge is 0.316 e. The average molecular weight is 204 g/mol. The minimum absolute atomic E-state index is 0.354. The van der Waals surface area contributed by atoms with Crippen LogP contribution in [0.4, 0.5) is 0 Å². The van der Waals surface area contributed by atoms with Crippen LogP contribution < -0.4 is 5.32 Å². The number of rotatable bonds is 2. The first-order valence-electron chi connectivity index (χ1n) is 4.87. The monoisotopic (exact) mass is 204 g/mol. The normalized spacial score (nSPS) is 29.8. The van der Waals surface area contributed by atoms with Crippen LogP contribution in [0.5, 0.6) is 0 Å². The quantitative estimate of drug-likeness (QED) is 0.668. The lowest BCUT2D eigenvalue weighted by Crippen LogP contribution is -2.51. The molecule has 76 valence electrons. The lowest BCUT2D eigenvalue weighted by atomic mass is 10.0. The zero-order valence-corrected chi connectivity index (χ0v) is 8.52. The second-order valence-corrected chi connectivity index (χ2v) is 5.99. The Bertz CT molecular complexity index is 272. The van der Waals surface area contributed by atoms with Crippen LogP contribution in [0.2, 0.25) is 0 Å². The van der Waals surface area contributed by atoms with Crippen molar-refractivity contribution in [2.75, 3.05) is 31.9 Å². The topological polar surface area (TPSA) is 49.4 Å². The van der Waals surface area contributed by atoms with E-state index in [1.54, 1.807) is 4.31 Å². The Kier molecular flexibility index (Phi) is 2.58. The number of hydrogen-bond acceptors (Lipinski definition) is 3. The van der Waals surface area contributed by atoms with Gasteiger partial charge in [-0.25, -0.2) is 12.7 Å². The molecule has 13 heavy (non-hydrogen) atoms. The Balaban J connectivity index is 1.95. The van der Waals surface area contributed by atoms with Gasteiger partial charge in [0.25, 0.3) is 0 Å². The third kappa shape index (κ3) is 2.03. The van der Waals surface area contributed by atoms with Gasteiger partial charge in [-0.2, -0.15) is 0 Å². The van der Waals surface area contributed by atoms with Gasteiger partial charge in [0.15, 0.2) is 0 Å². The maximum atomic E-state index is 11.6. The van der Waals surface area contributed by atoms with Gasteiger partial charge in [-0.3, -0.25) is 0 Å². The van der Waals surface area contributed by atoms with Crippen molar-refractivity contribution in [3.8, 4) is 0 Å². The van der Waals surface area contributed by atoms with E-state index in [-0.39, 0.29) is 0 Å². The third-order valence-corrected chi connectivity index (χ3v) is 4.70. The van der Waals surface area contributed by atoms with Crippen LogP contribution in [0.25, 0.3) is 0 Å². The number of nitrogens with zero attached hydrogens (tertiary/aromatic N) is 1. The summed E-state index contributed by atoms with van der Waals surface area (Å²) in [4.78, 5) is 0. The van der Waals surface area contributed by atoms with E-state index in [0.29, 0.717) is 11.7 Å². The molecule has 0 atom stereocenters. The van der Waals surface area contributed by atoms with Gasteiger partial charge in [-0.1, -0.05) is 0 Å². The first kappa shape index (κ1) is 9.43. The highest BCUT2D eigenvalue weighted by Crippen LogP contribution is 2.16. The summed E-state index contributed by atoms with van der Waals surface area (Å²) in [7, 11) is -2.89. The molecule has 0 aromatic rings. The summed E-state index contributed by atoms with van der Waals surface area (Å²) < 4.78 is 24.8. The molecule has 2 fully saturated rings. The number of nitrogens with one attached hydrogen (secondary N) is 1. The molecule has 0 aliphatic carbocycles. The Morgan fingerprint density at radius 3 is 2.62 bits per heavy atom. The molecule has 2 aliphatic rings. The van der Waals surface area contributed by atoms with Crippen LogP contribution in [0.1, 0.15) is 12.8 Å². The second-order valence-electron chi connectivity index (χ2n) is 3.91. The average Bonchev–Trinajstić information content (AvgIpc) is 1.98. The molecule has 2 aliphatic heterocycles. The fourth-order valence-electron chi connectivity index (χ4n) is 1.81. The van der Waals surface area contributed by atoms with Crippen molar-refractivity contribution >= 4 is 10.0 Å². The molecule has 0 saturated carbocycles. The van der Waals surface area contributed by atoms with Crippen LogP contribution in [-0.4, -0.2) is 44.7 Å². The van der Waals surface area contributed by atoms with E-state index in [2.05, 4.69) is 5.32 Å². The summed E-state index contributed by atoms with van der Waals surface area (Å²) in [6.45, 7) is 3.42. The molecule has 2 heterocycles. The van der Waals surface area contributed by atoms with Crippen molar-refractivity contribution in [2.24, 2.45) is 5.92 Å². The van der Waals surface area contributed by atoms with E-state index in [0.717, 1.165) is 39.0 Å². The molecule has 0 aromatic heterocycles. The Labute approximate surface area is 79.4 Å². The molecule has 1 N–H and O–H groups in total. The zero-order valence-electron chi connectivity index (χ0n) is 7.70. The second kappa shape index (κ2) is 3.55. The predicted molar refractivity (Wildman–Crippen MR) is 51.0 cm³/mol. The summed E-state index contributed by atoms with van der Waals surface area (Å²) >= 11 is 0. The third-order valence-electron chi connectivity index (χ3n) is 2.78. The van der Waals surface area contributed by atoms with Crippen LogP contribution in [0, 0.1) is 5.92 Å². The van der Waals surface area contributed by atoms with Gasteiger partial charge in [-0.05, 0) is 18.8 Å². The Hall–Kier alpha value is -0.130. The van der Waals surface area contributed by atoms with E-state index in [1.165, 1.54) is 0 Å². The maximum absolute atomic E-state index is 11.6. The Morgan fingerprint density at radius 1 is 1.31 bits per heavy atom. The van der Waals surface area contributed by atoms with Crippen LogP contribution in [0.15, 0.2) is 0 Å².